The van der Waals surface area contributed by atoms with Gasteiger partial charge in [-0.05, 0) is 26.7 Å². The van der Waals surface area contributed by atoms with Crippen LogP contribution in [0.4, 0.5) is 0 Å². The van der Waals surface area contributed by atoms with Gasteiger partial charge >= 0.3 is 0 Å². The van der Waals surface area contributed by atoms with Crippen LogP contribution in [0.3, 0.4) is 0 Å². The second-order valence-corrected chi connectivity index (χ2v) is 7.28. The Morgan fingerprint density at radius 1 is 1.22 bits per heavy atom. The van der Waals surface area contributed by atoms with E-state index in [0.717, 1.165) is 57.2 Å². The smallest absolute Gasteiger partial charge is 0.234 e. The Bertz CT molecular complexity index is 675. The summed E-state index contributed by atoms with van der Waals surface area (Å²) in [7, 11) is 3.79. The number of aryl methyl sites for hydroxylation is 2. The average molecular weight is 489 g/mol. The van der Waals surface area contributed by atoms with Gasteiger partial charge < -0.3 is 15.5 Å². The molecular weight excluding hydrogens is 457 g/mol. The molecule has 1 saturated carbocycles. The topological polar surface area (TPSA) is 77.8 Å². The Kier molecular flexibility index (Phi) is 7.90. The van der Waals surface area contributed by atoms with Crippen molar-refractivity contribution in [3.63, 3.8) is 0 Å². The van der Waals surface area contributed by atoms with Crippen molar-refractivity contribution in [1.29, 1.82) is 0 Å². The van der Waals surface area contributed by atoms with Gasteiger partial charge in [-0.25, -0.2) is 0 Å². The van der Waals surface area contributed by atoms with E-state index >= 15 is 0 Å². The molecule has 1 saturated heterocycles. The van der Waals surface area contributed by atoms with Crippen molar-refractivity contribution in [2.75, 3.05) is 39.8 Å². The van der Waals surface area contributed by atoms with Crippen LogP contribution < -0.4 is 10.6 Å². The minimum Gasteiger partial charge on any atom is -0.352 e. The summed E-state index contributed by atoms with van der Waals surface area (Å²) in [5.41, 5.74) is 3.46. The number of piperazine rings is 1. The number of nitrogens with zero attached hydrogens (tertiary/aromatic N) is 5. The number of halogens is 1. The molecule has 152 valence electrons. The number of rotatable bonds is 5. The number of hydrogen-bond donors (Lipinski definition) is 2. The van der Waals surface area contributed by atoms with Gasteiger partial charge in [-0.15, -0.1) is 24.0 Å². The highest BCUT2D eigenvalue weighted by atomic mass is 127. The fourth-order valence-corrected chi connectivity index (χ4v) is 3.39. The van der Waals surface area contributed by atoms with Crippen LogP contribution in [-0.4, -0.2) is 77.3 Å². The minimum absolute atomic E-state index is 0. The molecule has 0 unspecified atom stereocenters. The summed E-state index contributed by atoms with van der Waals surface area (Å²) in [6.07, 6.45) is 2.27. The first kappa shape index (κ1) is 21.9. The zero-order valence-corrected chi connectivity index (χ0v) is 19.1. The predicted molar refractivity (Wildman–Crippen MR) is 117 cm³/mol. The Morgan fingerprint density at radius 3 is 2.41 bits per heavy atom. The second-order valence-electron chi connectivity index (χ2n) is 7.28. The molecule has 0 radical (unpaired) electrons. The molecule has 1 amide bonds. The first-order valence-corrected chi connectivity index (χ1v) is 9.44. The number of aromatic nitrogens is 2. The third kappa shape index (κ3) is 5.81. The van der Waals surface area contributed by atoms with E-state index in [0.29, 0.717) is 12.6 Å². The van der Waals surface area contributed by atoms with Crippen LogP contribution in [0.15, 0.2) is 4.99 Å². The fourth-order valence-electron chi connectivity index (χ4n) is 3.39. The first-order chi connectivity index (χ1) is 12.5. The lowest BCUT2D eigenvalue weighted by atomic mass is 10.2. The summed E-state index contributed by atoms with van der Waals surface area (Å²) in [6.45, 7) is 8.87. The third-order valence-electron chi connectivity index (χ3n) is 5.28. The van der Waals surface area contributed by atoms with Crippen LogP contribution in [0.5, 0.6) is 0 Å². The summed E-state index contributed by atoms with van der Waals surface area (Å²) in [4.78, 5) is 20.9. The summed E-state index contributed by atoms with van der Waals surface area (Å²) in [5.74, 6) is 1.07. The number of amides is 1. The summed E-state index contributed by atoms with van der Waals surface area (Å²) >= 11 is 0. The molecule has 1 aliphatic heterocycles. The lowest BCUT2D eigenvalue weighted by molar-refractivity contribution is -0.122. The second kappa shape index (κ2) is 9.72. The van der Waals surface area contributed by atoms with E-state index in [2.05, 4.69) is 37.4 Å². The van der Waals surface area contributed by atoms with Crippen molar-refractivity contribution in [1.82, 2.24) is 30.2 Å². The number of aliphatic imine (C=N–C) groups is 1. The number of carbonyl (C=O) groups is 1. The largest absolute Gasteiger partial charge is 0.352 e. The molecule has 2 fully saturated rings. The van der Waals surface area contributed by atoms with E-state index in [-0.39, 0.29) is 29.9 Å². The predicted octanol–water partition coefficient (Wildman–Crippen LogP) is 0.627. The highest BCUT2D eigenvalue weighted by molar-refractivity contribution is 14.0. The summed E-state index contributed by atoms with van der Waals surface area (Å²) in [6, 6.07) is 0.436. The van der Waals surface area contributed by atoms with Crippen molar-refractivity contribution in [2.24, 2.45) is 12.0 Å². The molecule has 3 rings (SSSR count). The van der Waals surface area contributed by atoms with Crippen molar-refractivity contribution >= 4 is 35.8 Å². The van der Waals surface area contributed by atoms with Gasteiger partial charge in [-0.2, -0.15) is 5.10 Å². The molecule has 1 aliphatic carbocycles. The number of carbonyl (C=O) groups excluding carboxylic acids is 1. The van der Waals surface area contributed by atoms with Gasteiger partial charge in [0.1, 0.15) is 0 Å². The molecule has 9 heteroatoms. The van der Waals surface area contributed by atoms with E-state index in [1.165, 1.54) is 11.3 Å². The Labute approximate surface area is 178 Å². The van der Waals surface area contributed by atoms with Crippen LogP contribution in [0.25, 0.3) is 0 Å². The Balaban J connectivity index is 0.00000261. The number of hydrogen-bond acceptors (Lipinski definition) is 4. The molecule has 2 aliphatic rings. The van der Waals surface area contributed by atoms with Gasteiger partial charge in [0.05, 0.1) is 12.2 Å². The molecular formula is C18H32IN7O. The Hall–Kier alpha value is -1.36. The molecule has 0 bridgehead atoms. The number of nitrogens with one attached hydrogen (secondary N) is 2. The maximum Gasteiger partial charge on any atom is 0.234 e. The molecule has 2 heterocycles. The third-order valence-corrected chi connectivity index (χ3v) is 5.28. The van der Waals surface area contributed by atoms with Crippen molar-refractivity contribution in [3.8, 4) is 0 Å². The van der Waals surface area contributed by atoms with E-state index in [9.17, 15) is 4.79 Å². The average Bonchev–Trinajstić information content (AvgIpc) is 3.38. The lowest BCUT2D eigenvalue weighted by Crippen LogP contribution is -2.54. The van der Waals surface area contributed by atoms with Crippen molar-refractivity contribution < 1.29 is 4.79 Å². The highest BCUT2D eigenvalue weighted by Gasteiger charge is 2.26. The molecule has 1 aromatic rings. The number of guanidine groups is 1. The van der Waals surface area contributed by atoms with Crippen LogP contribution in [-0.2, 0) is 18.4 Å². The monoisotopic (exact) mass is 489 g/mol. The zero-order chi connectivity index (χ0) is 18.7. The molecule has 0 atom stereocenters. The lowest BCUT2D eigenvalue weighted by Gasteiger charge is -2.36. The van der Waals surface area contributed by atoms with Gasteiger partial charge in [-0.3, -0.25) is 19.4 Å². The van der Waals surface area contributed by atoms with Crippen molar-refractivity contribution in [3.05, 3.63) is 17.0 Å². The van der Waals surface area contributed by atoms with Crippen LogP contribution in [0.2, 0.25) is 0 Å². The van der Waals surface area contributed by atoms with E-state index < -0.39 is 0 Å². The molecule has 27 heavy (non-hydrogen) atoms. The SMILES string of the molecule is CN=C(NCc1c(C)nn(C)c1C)N1CCN(CC(=O)NC2CC2)CC1.I. The fraction of sp³-hybridized carbons (Fsp3) is 0.722. The van der Waals surface area contributed by atoms with E-state index in [1.54, 1.807) is 0 Å². The van der Waals surface area contributed by atoms with E-state index in [1.807, 2.05) is 25.7 Å². The van der Waals surface area contributed by atoms with Crippen LogP contribution >= 0.6 is 24.0 Å². The molecule has 1 aromatic heterocycles. The Morgan fingerprint density at radius 2 is 1.89 bits per heavy atom. The zero-order valence-electron chi connectivity index (χ0n) is 16.8. The van der Waals surface area contributed by atoms with Gasteiger partial charge in [0.2, 0.25) is 5.91 Å². The van der Waals surface area contributed by atoms with Gasteiger partial charge in [0, 0.05) is 64.1 Å². The quantitative estimate of drug-likeness (QED) is 0.361. The van der Waals surface area contributed by atoms with E-state index in [4.69, 9.17) is 0 Å². The highest BCUT2D eigenvalue weighted by Crippen LogP contribution is 2.18. The molecule has 8 nitrogen and oxygen atoms in total. The van der Waals surface area contributed by atoms with Crippen molar-refractivity contribution in [2.45, 2.75) is 39.3 Å². The maximum atomic E-state index is 11.9. The normalized spacial score (nSPS) is 18.2. The maximum absolute atomic E-state index is 11.9. The first-order valence-electron chi connectivity index (χ1n) is 9.44. The summed E-state index contributed by atoms with van der Waals surface area (Å²) in [5, 5.41) is 11.0. The van der Waals surface area contributed by atoms with Gasteiger partial charge in [-0.1, -0.05) is 0 Å². The van der Waals surface area contributed by atoms with Gasteiger partial charge in [0.25, 0.3) is 0 Å². The minimum atomic E-state index is 0. The molecule has 0 spiro atoms. The van der Waals surface area contributed by atoms with Crippen LogP contribution in [0, 0.1) is 13.8 Å². The van der Waals surface area contributed by atoms with Gasteiger partial charge in [0.15, 0.2) is 5.96 Å². The molecule has 0 aromatic carbocycles. The van der Waals surface area contributed by atoms with Crippen LogP contribution in [0.1, 0.15) is 29.8 Å². The standard InChI is InChI=1S/C18H31N7O.HI/c1-13-16(14(2)23(4)22-13)11-20-18(19-3)25-9-7-24(8-10-25)12-17(26)21-15-5-6-15;/h15H,5-12H2,1-4H3,(H,19,20)(H,21,26);1H. The summed E-state index contributed by atoms with van der Waals surface area (Å²) < 4.78 is 1.92. The molecule has 2 N–H and O–H groups in total.